The molecular weight excluding hydrogens is 294 g/mol. The van der Waals surface area contributed by atoms with Crippen LogP contribution >= 0.6 is 11.3 Å². The number of aromatic nitrogens is 1. The summed E-state index contributed by atoms with van der Waals surface area (Å²) in [6, 6.07) is 3.61. The van der Waals surface area contributed by atoms with Crippen LogP contribution in [0.1, 0.15) is 9.88 Å². The Morgan fingerprint density at radius 1 is 1.29 bits per heavy atom. The number of morpholine rings is 1. The molecule has 6 heteroatoms. The van der Waals surface area contributed by atoms with E-state index in [0.717, 1.165) is 48.8 Å². The summed E-state index contributed by atoms with van der Waals surface area (Å²) in [7, 11) is 0. The van der Waals surface area contributed by atoms with Gasteiger partial charge in [-0.3, -0.25) is 4.90 Å². The second kappa shape index (κ2) is 6.17. The van der Waals surface area contributed by atoms with Crippen molar-refractivity contribution in [1.82, 2.24) is 9.88 Å². The Labute approximate surface area is 126 Å². The number of halogens is 2. The lowest BCUT2D eigenvalue weighted by molar-refractivity contribution is 0.0342. The van der Waals surface area contributed by atoms with Crippen molar-refractivity contribution in [2.24, 2.45) is 0 Å². The van der Waals surface area contributed by atoms with Crippen LogP contribution in [0.2, 0.25) is 0 Å². The second-order valence-electron chi connectivity index (χ2n) is 5.03. The number of nitrogens with zero attached hydrogens (tertiary/aromatic N) is 2. The van der Waals surface area contributed by atoms with Crippen molar-refractivity contribution in [3.8, 4) is 11.3 Å². The Bertz CT molecular complexity index is 639. The first-order valence-electron chi connectivity index (χ1n) is 6.85. The third-order valence-corrected chi connectivity index (χ3v) is 4.45. The fraction of sp³-hybridized carbons (Fsp3) is 0.400. The first-order valence-corrected chi connectivity index (χ1v) is 7.67. The summed E-state index contributed by atoms with van der Waals surface area (Å²) in [6.07, 6.45) is 0. The lowest BCUT2D eigenvalue weighted by Gasteiger charge is -2.25. The largest absolute Gasteiger partial charge is 0.379 e. The molecule has 1 aromatic carbocycles. The lowest BCUT2D eigenvalue weighted by Crippen LogP contribution is -2.35. The molecule has 0 atom stereocenters. The van der Waals surface area contributed by atoms with Gasteiger partial charge in [-0.25, -0.2) is 13.8 Å². The molecule has 1 saturated heterocycles. The quantitative estimate of drug-likeness (QED) is 0.870. The molecule has 2 aromatic rings. The second-order valence-corrected chi connectivity index (χ2v) is 6.31. The van der Waals surface area contributed by atoms with Gasteiger partial charge in [0.2, 0.25) is 0 Å². The summed E-state index contributed by atoms with van der Waals surface area (Å²) in [5, 5.41) is 0.952. The molecule has 1 aliphatic rings. The van der Waals surface area contributed by atoms with Crippen LogP contribution in [0.25, 0.3) is 11.3 Å². The van der Waals surface area contributed by atoms with Crippen molar-refractivity contribution < 1.29 is 13.5 Å². The summed E-state index contributed by atoms with van der Waals surface area (Å²) in [4.78, 5) is 7.76. The Kier molecular flexibility index (Phi) is 4.28. The van der Waals surface area contributed by atoms with Gasteiger partial charge in [0, 0.05) is 29.6 Å². The summed E-state index contributed by atoms with van der Waals surface area (Å²) in [5.41, 5.74) is 0.971. The monoisotopic (exact) mass is 310 g/mol. The van der Waals surface area contributed by atoms with Gasteiger partial charge in [-0.1, -0.05) is 0 Å². The van der Waals surface area contributed by atoms with E-state index >= 15 is 0 Å². The molecule has 0 saturated carbocycles. The maximum Gasteiger partial charge on any atom is 0.135 e. The van der Waals surface area contributed by atoms with Crippen molar-refractivity contribution in [2.75, 3.05) is 26.3 Å². The van der Waals surface area contributed by atoms with Crippen LogP contribution in [0.5, 0.6) is 0 Å². The van der Waals surface area contributed by atoms with Crippen LogP contribution in [0.3, 0.4) is 0 Å². The highest BCUT2D eigenvalue weighted by Crippen LogP contribution is 2.30. The fourth-order valence-electron chi connectivity index (χ4n) is 2.40. The molecule has 1 aromatic heterocycles. The van der Waals surface area contributed by atoms with Crippen molar-refractivity contribution in [3.63, 3.8) is 0 Å². The van der Waals surface area contributed by atoms with E-state index in [4.69, 9.17) is 4.74 Å². The smallest absolute Gasteiger partial charge is 0.135 e. The van der Waals surface area contributed by atoms with Gasteiger partial charge >= 0.3 is 0 Å². The third kappa shape index (κ3) is 3.28. The minimum absolute atomic E-state index is 0.360. The fourth-order valence-corrected chi connectivity index (χ4v) is 3.39. The normalized spacial score (nSPS) is 16.3. The van der Waals surface area contributed by atoms with Crippen LogP contribution in [-0.2, 0) is 11.3 Å². The number of benzene rings is 1. The number of rotatable bonds is 3. The number of hydrogen-bond acceptors (Lipinski definition) is 4. The first kappa shape index (κ1) is 14.6. The maximum atomic E-state index is 13.9. The van der Waals surface area contributed by atoms with Gasteiger partial charge in [0.1, 0.15) is 16.6 Å². The van der Waals surface area contributed by atoms with Crippen LogP contribution in [0, 0.1) is 18.6 Å². The van der Waals surface area contributed by atoms with E-state index in [1.807, 2.05) is 6.92 Å². The van der Waals surface area contributed by atoms with E-state index in [9.17, 15) is 8.78 Å². The average Bonchev–Trinajstić information content (AvgIpc) is 2.80. The number of thiazole rings is 1. The highest BCUT2D eigenvalue weighted by molar-refractivity contribution is 7.12. The Morgan fingerprint density at radius 3 is 2.76 bits per heavy atom. The number of hydrogen-bond donors (Lipinski definition) is 0. The first-order chi connectivity index (χ1) is 10.1. The van der Waals surface area contributed by atoms with Gasteiger partial charge in [-0.05, 0) is 19.1 Å². The zero-order valence-corrected chi connectivity index (χ0v) is 12.6. The molecule has 0 N–H and O–H groups in total. The van der Waals surface area contributed by atoms with Gasteiger partial charge in [0.05, 0.1) is 25.5 Å². The number of aryl methyl sites for hydroxylation is 1. The zero-order chi connectivity index (χ0) is 14.8. The molecule has 0 unspecified atom stereocenters. The average molecular weight is 310 g/mol. The highest BCUT2D eigenvalue weighted by Gasteiger charge is 2.17. The van der Waals surface area contributed by atoms with Crippen molar-refractivity contribution in [2.45, 2.75) is 13.5 Å². The SMILES string of the molecule is Cc1sc(CN2CCOCC2)nc1-c1ccc(F)cc1F. The van der Waals surface area contributed by atoms with E-state index in [-0.39, 0.29) is 0 Å². The van der Waals surface area contributed by atoms with Gasteiger partial charge < -0.3 is 4.74 Å². The van der Waals surface area contributed by atoms with Crippen LogP contribution in [-0.4, -0.2) is 36.2 Å². The predicted molar refractivity (Wildman–Crippen MR) is 78.3 cm³/mol. The molecule has 3 rings (SSSR count). The molecule has 0 radical (unpaired) electrons. The minimum Gasteiger partial charge on any atom is -0.379 e. The van der Waals surface area contributed by atoms with E-state index in [1.54, 1.807) is 11.3 Å². The molecule has 0 amide bonds. The molecule has 1 aliphatic heterocycles. The molecule has 0 aliphatic carbocycles. The molecule has 3 nitrogen and oxygen atoms in total. The zero-order valence-electron chi connectivity index (χ0n) is 11.7. The lowest BCUT2D eigenvalue weighted by atomic mass is 10.1. The van der Waals surface area contributed by atoms with Crippen molar-refractivity contribution in [1.29, 1.82) is 0 Å². The van der Waals surface area contributed by atoms with E-state index < -0.39 is 11.6 Å². The minimum atomic E-state index is -0.572. The van der Waals surface area contributed by atoms with Crippen LogP contribution in [0.15, 0.2) is 18.2 Å². The summed E-state index contributed by atoms with van der Waals surface area (Å²) < 4.78 is 32.2. The maximum absolute atomic E-state index is 13.9. The molecule has 21 heavy (non-hydrogen) atoms. The Hall–Kier alpha value is -1.37. The summed E-state index contributed by atoms with van der Waals surface area (Å²) in [6.45, 7) is 5.92. The summed E-state index contributed by atoms with van der Waals surface area (Å²) >= 11 is 1.56. The predicted octanol–water partition coefficient (Wildman–Crippen LogP) is 3.23. The van der Waals surface area contributed by atoms with E-state index in [0.29, 0.717) is 11.3 Å². The van der Waals surface area contributed by atoms with E-state index in [1.165, 1.54) is 12.1 Å². The van der Waals surface area contributed by atoms with Gasteiger partial charge in [0.15, 0.2) is 0 Å². The summed E-state index contributed by atoms with van der Waals surface area (Å²) in [5.74, 6) is -1.14. The van der Waals surface area contributed by atoms with Crippen molar-refractivity contribution in [3.05, 3.63) is 39.7 Å². The molecule has 0 spiro atoms. The third-order valence-electron chi connectivity index (χ3n) is 3.49. The topological polar surface area (TPSA) is 25.4 Å². The Balaban J connectivity index is 1.83. The van der Waals surface area contributed by atoms with E-state index in [2.05, 4.69) is 9.88 Å². The molecule has 112 valence electrons. The molecule has 0 bridgehead atoms. The molecular formula is C15H16F2N2OS. The number of ether oxygens (including phenoxy) is 1. The van der Waals surface area contributed by atoms with Crippen LogP contribution in [0.4, 0.5) is 8.78 Å². The van der Waals surface area contributed by atoms with Crippen LogP contribution < -0.4 is 0 Å². The van der Waals surface area contributed by atoms with Gasteiger partial charge in [-0.2, -0.15) is 0 Å². The highest BCUT2D eigenvalue weighted by atomic mass is 32.1. The standard InChI is InChI=1S/C15H16F2N2OS/c1-10-15(12-3-2-11(16)8-13(12)17)18-14(21-10)9-19-4-6-20-7-5-19/h2-3,8H,4-7,9H2,1H3. The Morgan fingerprint density at radius 2 is 2.05 bits per heavy atom. The van der Waals surface area contributed by atoms with Gasteiger partial charge in [-0.15, -0.1) is 11.3 Å². The van der Waals surface area contributed by atoms with Crippen molar-refractivity contribution >= 4 is 11.3 Å². The van der Waals surface area contributed by atoms with Gasteiger partial charge in [0.25, 0.3) is 0 Å². The molecule has 1 fully saturated rings. The molecule has 2 heterocycles.